The standard InChI is InChI=1S/C14H24N2O2S/c1-5-9-16(8-4)13-15-11(10-19-13)14(6-2,7-3)12(17)18/h10H,5-9H2,1-4H3,(H,17,18). The molecule has 1 aromatic rings. The van der Waals surface area contributed by atoms with Crippen LogP contribution in [0.2, 0.25) is 0 Å². The van der Waals surface area contributed by atoms with Crippen molar-refractivity contribution in [1.29, 1.82) is 0 Å². The van der Waals surface area contributed by atoms with Crippen molar-refractivity contribution in [3.8, 4) is 0 Å². The predicted octanol–water partition coefficient (Wildman–Crippen LogP) is 3.52. The van der Waals surface area contributed by atoms with Gasteiger partial charge in [-0.15, -0.1) is 11.3 Å². The second kappa shape index (κ2) is 6.89. The van der Waals surface area contributed by atoms with Gasteiger partial charge >= 0.3 is 5.97 Å². The lowest BCUT2D eigenvalue weighted by Gasteiger charge is -2.25. The lowest BCUT2D eigenvalue weighted by molar-refractivity contribution is -0.144. The SMILES string of the molecule is CCCN(CC)c1nc(C(CC)(CC)C(=O)O)cs1. The summed E-state index contributed by atoms with van der Waals surface area (Å²) in [5.74, 6) is -0.770. The molecule has 4 nitrogen and oxygen atoms in total. The Morgan fingerprint density at radius 2 is 2.00 bits per heavy atom. The van der Waals surface area contributed by atoms with Crippen LogP contribution in [0.3, 0.4) is 0 Å². The minimum absolute atomic E-state index is 0.571. The van der Waals surface area contributed by atoms with E-state index >= 15 is 0 Å². The zero-order valence-corrected chi connectivity index (χ0v) is 13.1. The molecule has 1 rings (SSSR count). The fourth-order valence-electron chi connectivity index (χ4n) is 2.31. The fraction of sp³-hybridized carbons (Fsp3) is 0.714. The molecule has 19 heavy (non-hydrogen) atoms. The molecule has 0 unspecified atom stereocenters. The van der Waals surface area contributed by atoms with Crippen molar-refractivity contribution in [2.75, 3.05) is 18.0 Å². The van der Waals surface area contributed by atoms with Crippen molar-refractivity contribution >= 4 is 22.4 Å². The van der Waals surface area contributed by atoms with Crippen molar-refractivity contribution in [3.63, 3.8) is 0 Å². The number of hydrogen-bond donors (Lipinski definition) is 1. The van der Waals surface area contributed by atoms with E-state index in [1.807, 2.05) is 19.2 Å². The van der Waals surface area contributed by atoms with E-state index in [4.69, 9.17) is 0 Å². The van der Waals surface area contributed by atoms with Crippen LogP contribution in [0, 0.1) is 0 Å². The average molecular weight is 284 g/mol. The lowest BCUT2D eigenvalue weighted by Crippen LogP contribution is -2.35. The van der Waals surface area contributed by atoms with Gasteiger partial charge in [-0.1, -0.05) is 20.8 Å². The first-order valence-corrected chi connectivity index (χ1v) is 7.87. The number of thiazole rings is 1. The molecule has 1 N–H and O–H groups in total. The minimum atomic E-state index is -0.833. The van der Waals surface area contributed by atoms with Gasteiger partial charge in [0.25, 0.3) is 0 Å². The van der Waals surface area contributed by atoms with Crippen LogP contribution >= 0.6 is 11.3 Å². The number of carbonyl (C=O) groups is 1. The highest BCUT2D eigenvalue weighted by molar-refractivity contribution is 7.13. The van der Waals surface area contributed by atoms with Gasteiger partial charge in [-0.2, -0.15) is 0 Å². The molecular formula is C14H24N2O2S. The molecule has 0 aromatic carbocycles. The minimum Gasteiger partial charge on any atom is -0.481 e. The summed E-state index contributed by atoms with van der Waals surface area (Å²) in [5, 5.41) is 12.4. The topological polar surface area (TPSA) is 53.4 Å². The summed E-state index contributed by atoms with van der Waals surface area (Å²) in [7, 11) is 0. The predicted molar refractivity (Wildman–Crippen MR) is 80.2 cm³/mol. The third kappa shape index (κ3) is 3.08. The first-order valence-electron chi connectivity index (χ1n) is 7.00. The van der Waals surface area contributed by atoms with E-state index in [9.17, 15) is 9.90 Å². The maximum Gasteiger partial charge on any atom is 0.315 e. The van der Waals surface area contributed by atoms with Gasteiger partial charge < -0.3 is 10.0 Å². The van der Waals surface area contributed by atoms with Crippen LogP contribution < -0.4 is 4.90 Å². The fourth-order valence-corrected chi connectivity index (χ4v) is 3.33. The first-order chi connectivity index (χ1) is 9.05. The Bertz CT molecular complexity index is 413. The molecule has 0 spiro atoms. The normalized spacial score (nSPS) is 11.6. The molecule has 0 amide bonds. The van der Waals surface area contributed by atoms with E-state index in [1.54, 1.807) is 11.3 Å². The van der Waals surface area contributed by atoms with Crippen LogP contribution in [-0.4, -0.2) is 29.1 Å². The molecule has 1 heterocycles. The van der Waals surface area contributed by atoms with E-state index in [-0.39, 0.29) is 0 Å². The van der Waals surface area contributed by atoms with Crippen LogP contribution in [0.4, 0.5) is 5.13 Å². The van der Waals surface area contributed by atoms with E-state index in [2.05, 4.69) is 23.7 Å². The van der Waals surface area contributed by atoms with Gasteiger partial charge in [-0.05, 0) is 26.2 Å². The number of rotatable bonds is 8. The Labute approximate surface area is 119 Å². The third-order valence-electron chi connectivity index (χ3n) is 3.74. The molecule has 0 saturated heterocycles. The summed E-state index contributed by atoms with van der Waals surface area (Å²) >= 11 is 1.55. The zero-order valence-electron chi connectivity index (χ0n) is 12.3. The van der Waals surface area contributed by atoms with E-state index < -0.39 is 11.4 Å². The Morgan fingerprint density at radius 3 is 2.42 bits per heavy atom. The highest BCUT2D eigenvalue weighted by Crippen LogP contribution is 2.35. The quantitative estimate of drug-likeness (QED) is 0.793. The van der Waals surface area contributed by atoms with Crippen LogP contribution in [0.1, 0.15) is 52.7 Å². The van der Waals surface area contributed by atoms with Crippen molar-refractivity contribution in [1.82, 2.24) is 4.98 Å². The zero-order chi connectivity index (χ0) is 14.5. The molecule has 5 heteroatoms. The Kier molecular flexibility index (Phi) is 5.79. The van der Waals surface area contributed by atoms with Gasteiger partial charge in [0.2, 0.25) is 0 Å². The molecular weight excluding hydrogens is 260 g/mol. The Hall–Kier alpha value is -1.10. The summed E-state index contributed by atoms with van der Waals surface area (Å²) in [6.45, 7) is 9.93. The van der Waals surface area contributed by atoms with Crippen molar-refractivity contribution in [3.05, 3.63) is 11.1 Å². The van der Waals surface area contributed by atoms with Gasteiger partial charge in [0.05, 0.1) is 5.69 Å². The summed E-state index contributed by atoms with van der Waals surface area (Å²) in [6.07, 6.45) is 2.21. The van der Waals surface area contributed by atoms with E-state index in [0.717, 1.165) is 24.6 Å². The lowest BCUT2D eigenvalue weighted by atomic mass is 9.80. The summed E-state index contributed by atoms with van der Waals surface area (Å²) in [5.41, 5.74) is -0.125. The highest BCUT2D eigenvalue weighted by Gasteiger charge is 2.39. The van der Waals surface area contributed by atoms with Crippen LogP contribution in [0.5, 0.6) is 0 Å². The molecule has 1 aromatic heterocycles. The number of aromatic nitrogens is 1. The molecule has 0 saturated carbocycles. The molecule has 0 bridgehead atoms. The number of anilines is 1. The van der Waals surface area contributed by atoms with Gasteiger partial charge in [0.1, 0.15) is 5.41 Å². The van der Waals surface area contributed by atoms with Crippen molar-refractivity contribution < 1.29 is 9.90 Å². The van der Waals surface area contributed by atoms with Crippen molar-refractivity contribution in [2.24, 2.45) is 0 Å². The maximum absolute atomic E-state index is 11.6. The molecule has 0 aliphatic carbocycles. The Morgan fingerprint density at radius 1 is 1.37 bits per heavy atom. The molecule has 0 aliphatic heterocycles. The van der Waals surface area contributed by atoms with E-state index in [0.29, 0.717) is 18.5 Å². The van der Waals surface area contributed by atoms with Gasteiger partial charge in [-0.3, -0.25) is 4.79 Å². The average Bonchev–Trinajstić information content (AvgIpc) is 2.87. The molecule has 108 valence electrons. The third-order valence-corrected chi connectivity index (χ3v) is 4.65. The molecule has 0 aliphatic rings. The second-order valence-corrected chi connectivity index (χ2v) is 5.53. The van der Waals surface area contributed by atoms with Crippen LogP contribution in [-0.2, 0) is 10.2 Å². The number of hydrogen-bond acceptors (Lipinski definition) is 4. The molecule has 0 fully saturated rings. The summed E-state index contributed by atoms with van der Waals surface area (Å²) in [6, 6.07) is 0. The van der Waals surface area contributed by atoms with Crippen molar-refractivity contribution in [2.45, 2.75) is 52.4 Å². The largest absolute Gasteiger partial charge is 0.481 e. The smallest absolute Gasteiger partial charge is 0.315 e. The molecule has 0 atom stereocenters. The monoisotopic (exact) mass is 284 g/mol. The van der Waals surface area contributed by atoms with Crippen LogP contribution in [0.15, 0.2) is 5.38 Å². The van der Waals surface area contributed by atoms with Gasteiger partial charge in [0.15, 0.2) is 5.13 Å². The van der Waals surface area contributed by atoms with Crippen LogP contribution in [0.25, 0.3) is 0 Å². The number of nitrogens with zero attached hydrogens (tertiary/aromatic N) is 2. The highest BCUT2D eigenvalue weighted by atomic mass is 32.1. The van der Waals surface area contributed by atoms with Gasteiger partial charge in [-0.25, -0.2) is 4.98 Å². The summed E-state index contributed by atoms with van der Waals surface area (Å²) < 4.78 is 0. The Balaban J connectivity index is 3.09. The number of carboxylic acid groups (broad SMARTS) is 1. The van der Waals surface area contributed by atoms with Gasteiger partial charge in [0, 0.05) is 18.5 Å². The second-order valence-electron chi connectivity index (χ2n) is 4.69. The maximum atomic E-state index is 11.6. The molecule has 0 radical (unpaired) electrons. The number of aliphatic carboxylic acids is 1. The first kappa shape index (κ1) is 16.0. The van der Waals surface area contributed by atoms with E-state index in [1.165, 1.54) is 0 Å². The summed E-state index contributed by atoms with van der Waals surface area (Å²) in [4.78, 5) is 18.4. The number of carboxylic acids is 1.